The zero-order valence-electron chi connectivity index (χ0n) is 14.9. The number of carbonyl (C=O) groups excluding carboxylic acids is 1. The first-order valence-corrected chi connectivity index (χ1v) is 9.25. The number of hydrogen-bond acceptors (Lipinski definition) is 6. The summed E-state index contributed by atoms with van der Waals surface area (Å²) >= 11 is 0. The van der Waals surface area contributed by atoms with Crippen molar-refractivity contribution in [1.29, 1.82) is 0 Å². The van der Waals surface area contributed by atoms with E-state index in [4.69, 9.17) is 14.2 Å². The standard InChI is InChI=1S/C21H20N2O4/c24-20-16-3-4-18-17(12-23(13-26-18)11-15-2-1-9-25-15)21(16)27-19(20)10-14-5-7-22-8-6-14/h3-8,10,15H,1-2,9,11-13H2/b19-10-. The summed E-state index contributed by atoms with van der Waals surface area (Å²) in [7, 11) is 0. The fourth-order valence-corrected chi connectivity index (χ4v) is 3.81. The number of Topliss-reactive ketones (excluding diaryl/α,β-unsaturated/α-hetero) is 1. The lowest BCUT2D eigenvalue weighted by Crippen LogP contribution is -2.37. The molecule has 0 amide bonds. The van der Waals surface area contributed by atoms with Crippen LogP contribution in [0.5, 0.6) is 11.5 Å². The Hall–Kier alpha value is -2.70. The van der Waals surface area contributed by atoms with Crippen LogP contribution in [0, 0.1) is 0 Å². The van der Waals surface area contributed by atoms with E-state index in [0.717, 1.165) is 42.9 Å². The molecule has 2 aromatic rings. The van der Waals surface area contributed by atoms with E-state index >= 15 is 0 Å². The summed E-state index contributed by atoms with van der Waals surface area (Å²) in [6.45, 7) is 2.89. The van der Waals surface area contributed by atoms with E-state index < -0.39 is 0 Å². The topological polar surface area (TPSA) is 60.9 Å². The Kier molecular flexibility index (Phi) is 4.14. The van der Waals surface area contributed by atoms with Gasteiger partial charge in [0.15, 0.2) is 5.76 Å². The summed E-state index contributed by atoms with van der Waals surface area (Å²) in [5.74, 6) is 1.65. The molecular formula is C21H20N2O4. The van der Waals surface area contributed by atoms with E-state index in [1.807, 2.05) is 18.2 Å². The average molecular weight is 364 g/mol. The predicted molar refractivity (Wildman–Crippen MR) is 98.5 cm³/mol. The van der Waals surface area contributed by atoms with Gasteiger partial charge in [0.25, 0.3) is 0 Å². The van der Waals surface area contributed by atoms with E-state index in [0.29, 0.717) is 30.3 Å². The lowest BCUT2D eigenvalue weighted by atomic mass is 10.0. The molecule has 0 bridgehead atoms. The normalized spacial score (nSPS) is 23.0. The maximum Gasteiger partial charge on any atom is 0.231 e. The summed E-state index contributed by atoms with van der Waals surface area (Å²) in [5, 5.41) is 0. The quantitative estimate of drug-likeness (QED) is 0.781. The lowest BCUT2D eigenvalue weighted by molar-refractivity contribution is 0.0274. The van der Waals surface area contributed by atoms with Gasteiger partial charge >= 0.3 is 0 Å². The van der Waals surface area contributed by atoms with Gasteiger partial charge in [-0.15, -0.1) is 0 Å². The van der Waals surface area contributed by atoms with Crippen molar-refractivity contribution < 1.29 is 19.0 Å². The Bertz CT molecular complexity index is 904. The molecule has 0 aliphatic carbocycles. The summed E-state index contributed by atoms with van der Waals surface area (Å²) in [6, 6.07) is 7.34. The highest BCUT2D eigenvalue weighted by Gasteiger charge is 2.34. The molecule has 1 saturated heterocycles. The van der Waals surface area contributed by atoms with Gasteiger partial charge in [0.1, 0.15) is 18.2 Å². The van der Waals surface area contributed by atoms with Gasteiger partial charge in [-0.2, -0.15) is 0 Å². The van der Waals surface area contributed by atoms with E-state index in [1.54, 1.807) is 24.5 Å². The number of fused-ring (bicyclic) bond motifs is 3. The van der Waals surface area contributed by atoms with E-state index in [2.05, 4.69) is 9.88 Å². The summed E-state index contributed by atoms with van der Waals surface area (Å²) in [4.78, 5) is 19.0. The molecule has 1 aromatic heterocycles. The number of allylic oxidation sites excluding steroid dienone is 1. The molecule has 3 aliphatic rings. The van der Waals surface area contributed by atoms with Crippen molar-refractivity contribution in [3.63, 3.8) is 0 Å². The largest absolute Gasteiger partial charge is 0.478 e. The van der Waals surface area contributed by atoms with Crippen molar-refractivity contribution in [1.82, 2.24) is 9.88 Å². The second-order valence-corrected chi connectivity index (χ2v) is 7.06. The molecule has 5 rings (SSSR count). The highest BCUT2D eigenvalue weighted by molar-refractivity contribution is 6.15. The molecular weight excluding hydrogens is 344 g/mol. The highest BCUT2D eigenvalue weighted by Crippen LogP contribution is 2.42. The molecule has 0 spiro atoms. The third-order valence-corrected chi connectivity index (χ3v) is 5.17. The minimum Gasteiger partial charge on any atom is -0.478 e. The number of ether oxygens (including phenoxy) is 3. The Balaban J connectivity index is 1.42. The zero-order chi connectivity index (χ0) is 18.2. The minimum absolute atomic E-state index is 0.0964. The van der Waals surface area contributed by atoms with Gasteiger partial charge in [-0.3, -0.25) is 14.7 Å². The maximum atomic E-state index is 12.8. The molecule has 0 saturated carbocycles. The van der Waals surface area contributed by atoms with Crippen molar-refractivity contribution >= 4 is 11.9 Å². The summed E-state index contributed by atoms with van der Waals surface area (Å²) in [5.41, 5.74) is 2.41. The van der Waals surface area contributed by atoms with Crippen LogP contribution >= 0.6 is 0 Å². The molecule has 27 heavy (non-hydrogen) atoms. The number of nitrogens with zero attached hydrogens (tertiary/aromatic N) is 2. The summed E-state index contributed by atoms with van der Waals surface area (Å²) in [6.07, 6.45) is 7.60. The van der Waals surface area contributed by atoms with E-state index in [1.165, 1.54) is 0 Å². The van der Waals surface area contributed by atoms with Crippen molar-refractivity contribution in [2.75, 3.05) is 19.9 Å². The van der Waals surface area contributed by atoms with Crippen LogP contribution in [0.4, 0.5) is 0 Å². The van der Waals surface area contributed by atoms with Gasteiger partial charge in [-0.25, -0.2) is 0 Å². The molecule has 0 radical (unpaired) electrons. The van der Waals surface area contributed by atoms with Gasteiger partial charge in [0, 0.05) is 32.1 Å². The molecule has 1 unspecified atom stereocenters. The second kappa shape index (κ2) is 6.79. The molecule has 1 aromatic carbocycles. The SMILES string of the molecule is O=C1/C(=C/c2ccncc2)Oc2c1ccc1c2CN(CC2CCCO2)CO1. The number of hydrogen-bond donors (Lipinski definition) is 0. The number of rotatable bonds is 3. The van der Waals surface area contributed by atoms with Crippen molar-refractivity contribution in [2.24, 2.45) is 0 Å². The first-order chi connectivity index (χ1) is 13.3. The Labute approximate surface area is 157 Å². The molecule has 4 heterocycles. The molecule has 1 atom stereocenters. The number of pyridine rings is 1. The number of aromatic nitrogens is 1. The molecule has 6 nitrogen and oxygen atoms in total. The Morgan fingerprint density at radius 2 is 2.11 bits per heavy atom. The molecule has 0 N–H and O–H groups in total. The van der Waals surface area contributed by atoms with Gasteiger partial charge < -0.3 is 14.2 Å². The number of benzene rings is 1. The van der Waals surface area contributed by atoms with Crippen LogP contribution in [0.2, 0.25) is 0 Å². The Morgan fingerprint density at radius 1 is 1.22 bits per heavy atom. The average Bonchev–Trinajstić information content (AvgIpc) is 3.31. The van der Waals surface area contributed by atoms with Gasteiger partial charge in [-0.1, -0.05) is 0 Å². The van der Waals surface area contributed by atoms with Crippen LogP contribution in [0.25, 0.3) is 6.08 Å². The first kappa shape index (κ1) is 16.5. The second-order valence-electron chi connectivity index (χ2n) is 7.06. The van der Waals surface area contributed by atoms with Crippen LogP contribution < -0.4 is 9.47 Å². The number of ketones is 1. The van der Waals surface area contributed by atoms with Crippen LogP contribution in [0.3, 0.4) is 0 Å². The highest BCUT2D eigenvalue weighted by atomic mass is 16.5. The van der Waals surface area contributed by atoms with Crippen molar-refractivity contribution in [3.05, 3.63) is 59.1 Å². The zero-order valence-corrected chi connectivity index (χ0v) is 14.9. The van der Waals surface area contributed by atoms with Gasteiger partial charge in [-0.05, 0) is 48.7 Å². The van der Waals surface area contributed by atoms with Crippen molar-refractivity contribution in [2.45, 2.75) is 25.5 Å². The van der Waals surface area contributed by atoms with Gasteiger partial charge in [0.2, 0.25) is 5.78 Å². The van der Waals surface area contributed by atoms with E-state index in [-0.39, 0.29) is 11.9 Å². The molecule has 3 aliphatic heterocycles. The molecule has 138 valence electrons. The fourth-order valence-electron chi connectivity index (χ4n) is 3.81. The maximum absolute atomic E-state index is 12.8. The van der Waals surface area contributed by atoms with Crippen LogP contribution in [-0.4, -0.2) is 41.7 Å². The third kappa shape index (κ3) is 3.11. The monoisotopic (exact) mass is 364 g/mol. The Morgan fingerprint density at radius 3 is 2.93 bits per heavy atom. The van der Waals surface area contributed by atoms with Gasteiger partial charge in [0.05, 0.1) is 17.2 Å². The predicted octanol–water partition coefficient (Wildman–Crippen LogP) is 3.03. The van der Waals surface area contributed by atoms with Crippen LogP contribution in [0.1, 0.15) is 34.3 Å². The van der Waals surface area contributed by atoms with E-state index in [9.17, 15) is 4.79 Å². The molecule has 6 heteroatoms. The minimum atomic E-state index is -0.0964. The molecule has 1 fully saturated rings. The van der Waals surface area contributed by atoms with Crippen molar-refractivity contribution in [3.8, 4) is 11.5 Å². The smallest absolute Gasteiger partial charge is 0.231 e. The third-order valence-electron chi connectivity index (χ3n) is 5.17. The first-order valence-electron chi connectivity index (χ1n) is 9.25. The van der Waals surface area contributed by atoms with Crippen LogP contribution in [-0.2, 0) is 11.3 Å². The lowest BCUT2D eigenvalue weighted by Gasteiger charge is -2.31. The number of carbonyl (C=O) groups is 1. The van der Waals surface area contributed by atoms with Crippen LogP contribution in [0.15, 0.2) is 42.4 Å². The summed E-state index contributed by atoms with van der Waals surface area (Å²) < 4.78 is 17.6. The fraction of sp³-hybridized carbons (Fsp3) is 0.333.